The number of aliphatic imine (C=N–C) groups is 1. The van der Waals surface area contributed by atoms with E-state index in [0.717, 1.165) is 42.0 Å². The highest BCUT2D eigenvalue weighted by atomic mass is 35.5. The maximum absolute atomic E-state index is 6.25. The van der Waals surface area contributed by atoms with E-state index in [9.17, 15) is 0 Å². The number of nitrogens with one attached hydrogen (secondary N) is 2. The van der Waals surface area contributed by atoms with Gasteiger partial charge < -0.3 is 10.6 Å². The Morgan fingerprint density at radius 2 is 2.29 bits per heavy atom. The Kier molecular flexibility index (Phi) is 4.51. The van der Waals surface area contributed by atoms with Gasteiger partial charge in [-0.1, -0.05) is 49.6 Å². The van der Waals surface area contributed by atoms with Gasteiger partial charge in [0, 0.05) is 18.1 Å². The van der Waals surface area contributed by atoms with Crippen molar-refractivity contribution in [3.63, 3.8) is 0 Å². The molecule has 0 radical (unpaired) electrons. The van der Waals surface area contributed by atoms with Crippen LogP contribution in [0.4, 0.5) is 0 Å². The summed E-state index contributed by atoms with van der Waals surface area (Å²) in [5.74, 6) is 1.90. The highest BCUT2D eigenvalue weighted by molar-refractivity contribution is 6.31. The fourth-order valence-electron chi connectivity index (χ4n) is 3.67. The van der Waals surface area contributed by atoms with Crippen molar-refractivity contribution in [3.05, 3.63) is 34.9 Å². The standard InChI is InChI=1S/C17H24ClN3/c1-13-5-4-8-17(11-13)16(19-9-10-21-17)20-12-14-6-2-3-7-15(14)18/h2-3,6-7,13,21H,4-5,8-12H2,1H3,(H,19,20)/t13-,17-/m0/s1. The van der Waals surface area contributed by atoms with E-state index < -0.39 is 0 Å². The zero-order chi connectivity index (χ0) is 14.7. The average Bonchev–Trinajstić information content (AvgIpc) is 2.48. The van der Waals surface area contributed by atoms with Gasteiger partial charge in [-0.25, -0.2) is 0 Å². The van der Waals surface area contributed by atoms with Crippen LogP contribution in [0, 0.1) is 5.92 Å². The van der Waals surface area contributed by atoms with Crippen LogP contribution in [-0.2, 0) is 6.54 Å². The minimum absolute atomic E-state index is 0.0666. The first kappa shape index (κ1) is 14.9. The molecule has 0 amide bonds. The molecule has 114 valence electrons. The summed E-state index contributed by atoms with van der Waals surface area (Å²) in [5.41, 5.74) is 1.20. The molecule has 1 spiro atoms. The van der Waals surface area contributed by atoms with E-state index in [-0.39, 0.29) is 5.54 Å². The molecule has 1 aromatic carbocycles. The van der Waals surface area contributed by atoms with Crippen LogP contribution in [0.2, 0.25) is 5.02 Å². The first-order valence-corrected chi connectivity index (χ1v) is 8.35. The largest absolute Gasteiger partial charge is 0.368 e. The van der Waals surface area contributed by atoms with E-state index in [1.54, 1.807) is 0 Å². The Labute approximate surface area is 132 Å². The smallest absolute Gasteiger partial charge is 0.117 e. The molecule has 1 fully saturated rings. The van der Waals surface area contributed by atoms with Gasteiger partial charge in [-0.15, -0.1) is 0 Å². The molecule has 1 saturated carbocycles. The third-order valence-corrected chi connectivity index (χ3v) is 5.07. The lowest BCUT2D eigenvalue weighted by molar-refractivity contribution is 0.243. The van der Waals surface area contributed by atoms with Crippen LogP contribution < -0.4 is 10.6 Å². The van der Waals surface area contributed by atoms with Crippen molar-refractivity contribution in [2.24, 2.45) is 10.9 Å². The van der Waals surface area contributed by atoms with Gasteiger partial charge in [-0.05, 0) is 30.4 Å². The monoisotopic (exact) mass is 305 g/mol. The molecule has 3 nitrogen and oxygen atoms in total. The van der Waals surface area contributed by atoms with E-state index in [1.165, 1.54) is 25.7 Å². The van der Waals surface area contributed by atoms with Gasteiger partial charge in [0.05, 0.1) is 12.1 Å². The minimum Gasteiger partial charge on any atom is -0.368 e. The van der Waals surface area contributed by atoms with Crippen molar-refractivity contribution in [1.82, 2.24) is 10.6 Å². The minimum atomic E-state index is 0.0666. The summed E-state index contributed by atoms with van der Waals surface area (Å²) in [7, 11) is 0. The van der Waals surface area contributed by atoms with Crippen molar-refractivity contribution in [2.75, 3.05) is 13.1 Å². The summed E-state index contributed by atoms with van der Waals surface area (Å²) in [5, 5.41) is 8.12. The van der Waals surface area contributed by atoms with Crippen LogP contribution in [-0.4, -0.2) is 24.5 Å². The molecule has 1 aliphatic carbocycles. The molecule has 2 aliphatic rings. The van der Waals surface area contributed by atoms with Crippen molar-refractivity contribution in [2.45, 2.75) is 44.7 Å². The van der Waals surface area contributed by atoms with E-state index in [1.807, 2.05) is 18.2 Å². The number of rotatable bonds is 2. The second kappa shape index (κ2) is 6.37. The van der Waals surface area contributed by atoms with Crippen LogP contribution in [0.1, 0.15) is 38.2 Å². The molecule has 0 unspecified atom stereocenters. The molecule has 4 heteroatoms. The molecule has 0 saturated heterocycles. The molecule has 2 atom stereocenters. The molecule has 21 heavy (non-hydrogen) atoms. The molecule has 1 heterocycles. The molecule has 2 N–H and O–H groups in total. The van der Waals surface area contributed by atoms with Gasteiger partial charge in [0.25, 0.3) is 0 Å². The lowest BCUT2D eigenvalue weighted by atomic mass is 9.75. The second-order valence-electron chi connectivity index (χ2n) is 6.39. The van der Waals surface area contributed by atoms with Crippen LogP contribution in [0.25, 0.3) is 0 Å². The zero-order valence-electron chi connectivity index (χ0n) is 12.7. The van der Waals surface area contributed by atoms with E-state index in [0.29, 0.717) is 0 Å². The Morgan fingerprint density at radius 1 is 1.43 bits per heavy atom. The molecular weight excluding hydrogens is 282 g/mol. The predicted octanol–water partition coefficient (Wildman–Crippen LogP) is 3.38. The normalized spacial score (nSPS) is 29.2. The lowest BCUT2D eigenvalue weighted by Gasteiger charge is -2.44. The number of benzene rings is 1. The second-order valence-corrected chi connectivity index (χ2v) is 6.79. The van der Waals surface area contributed by atoms with Crippen LogP contribution in [0.15, 0.2) is 29.3 Å². The number of halogens is 1. The summed E-state index contributed by atoms with van der Waals surface area (Å²) >= 11 is 6.25. The number of amidine groups is 1. The van der Waals surface area contributed by atoms with Gasteiger partial charge in [0.15, 0.2) is 0 Å². The van der Waals surface area contributed by atoms with Gasteiger partial charge in [-0.2, -0.15) is 0 Å². The van der Waals surface area contributed by atoms with Gasteiger partial charge in [-0.3, -0.25) is 4.99 Å². The Bertz CT molecular complexity index is 529. The molecule has 1 aliphatic heterocycles. The maximum Gasteiger partial charge on any atom is 0.117 e. The Morgan fingerprint density at radius 3 is 3.10 bits per heavy atom. The Balaban J connectivity index is 1.73. The molecule has 1 aromatic rings. The topological polar surface area (TPSA) is 36.4 Å². The van der Waals surface area contributed by atoms with Crippen LogP contribution >= 0.6 is 11.6 Å². The third kappa shape index (κ3) is 3.24. The van der Waals surface area contributed by atoms with Gasteiger partial charge in [0.1, 0.15) is 5.84 Å². The van der Waals surface area contributed by atoms with Crippen LogP contribution in [0.5, 0.6) is 0 Å². The third-order valence-electron chi connectivity index (χ3n) is 4.70. The summed E-state index contributed by atoms with van der Waals surface area (Å²) in [4.78, 5) is 4.79. The Hall–Kier alpha value is -1.06. The summed E-state index contributed by atoms with van der Waals surface area (Å²) in [6.45, 7) is 4.95. The SMILES string of the molecule is C[C@H]1CCC[C@@]2(C1)NCCN=C2NCc1ccccc1Cl. The first-order chi connectivity index (χ1) is 10.2. The molecule has 3 rings (SSSR count). The van der Waals surface area contributed by atoms with E-state index >= 15 is 0 Å². The van der Waals surface area contributed by atoms with Gasteiger partial charge in [0.2, 0.25) is 0 Å². The quantitative estimate of drug-likeness (QED) is 0.879. The van der Waals surface area contributed by atoms with E-state index in [2.05, 4.69) is 23.6 Å². The number of hydrogen-bond donors (Lipinski definition) is 2. The van der Waals surface area contributed by atoms with Crippen molar-refractivity contribution < 1.29 is 0 Å². The lowest BCUT2D eigenvalue weighted by Crippen LogP contribution is -2.61. The summed E-state index contributed by atoms with van der Waals surface area (Å²) in [6, 6.07) is 8.01. The number of hydrogen-bond acceptors (Lipinski definition) is 3. The summed E-state index contributed by atoms with van der Waals surface area (Å²) in [6.07, 6.45) is 4.98. The van der Waals surface area contributed by atoms with Crippen molar-refractivity contribution in [1.29, 1.82) is 0 Å². The molecule has 0 bridgehead atoms. The highest BCUT2D eigenvalue weighted by Crippen LogP contribution is 2.34. The zero-order valence-corrected chi connectivity index (χ0v) is 13.4. The maximum atomic E-state index is 6.25. The fourth-order valence-corrected chi connectivity index (χ4v) is 3.87. The first-order valence-electron chi connectivity index (χ1n) is 7.97. The van der Waals surface area contributed by atoms with Gasteiger partial charge >= 0.3 is 0 Å². The fraction of sp³-hybridized carbons (Fsp3) is 0.588. The predicted molar refractivity (Wildman–Crippen MR) is 89.0 cm³/mol. The van der Waals surface area contributed by atoms with Crippen LogP contribution in [0.3, 0.4) is 0 Å². The average molecular weight is 306 g/mol. The van der Waals surface area contributed by atoms with Crippen molar-refractivity contribution >= 4 is 17.4 Å². The summed E-state index contributed by atoms with van der Waals surface area (Å²) < 4.78 is 0. The van der Waals surface area contributed by atoms with E-state index in [4.69, 9.17) is 16.6 Å². The molecule has 0 aromatic heterocycles. The van der Waals surface area contributed by atoms with Crippen molar-refractivity contribution in [3.8, 4) is 0 Å². The number of nitrogens with zero attached hydrogens (tertiary/aromatic N) is 1. The highest BCUT2D eigenvalue weighted by Gasteiger charge is 2.40. The molecular formula is C17H24ClN3.